The molecule has 3 fully saturated rings. The predicted octanol–water partition coefficient (Wildman–Crippen LogP) is 2.27. The quantitative estimate of drug-likeness (QED) is 0.820. The molecule has 8 nitrogen and oxygen atoms in total. The lowest BCUT2D eigenvalue weighted by molar-refractivity contribution is -0.0602. The van der Waals surface area contributed by atoms with Crippen LogP contribution in [0.1, 0.15) is 37.9 Å². The number of pyridine rings is 1. The van der Waals surface area contributed by atoms with E-state index in [0.29, 0.717) is 17.8 Å². The molecule has 5 rings (SSSR count). The highest BCUT2D eigenvalue weighted by Crippen LogP contribution is 2.42. The molecule has 162 valence electrons. The summed E-state index contributed by atoms with van der Waals surface area (Å²) in [6.45, 7) is 7.37. The highest BCUT2D eigenvalue weighted by Gasteiger charge is 2.43. The number of aryl methyl sites for hydroxylation is 1. The smallest absolute Gasteiger partial charge is 0.259 e. The Balaban J connectivity index is 1.23. The maximum atomic E-state index is 10.6. The van der Waals surface area contributed by atoms with Crippen LogP contribution in [0.15, 0.2) is 22.9 Å². The molecule has 0 aromatic carbocycles. The first-order valence-corrected chi connectivity index (χ1v) is 11.1. The SMILES string of the molecule is Cc1noc(-c2ccc(N3CCC4(CC3)CC(O)CN(C3CCOCC3)C4)nc2)n1. The van der Waals surface area contributed by atoms with Gasteiger partial charge in [0.1, 0.15) is 5.82 Å². The van der Waals surface area contributed by atoms with Crippen molar-refractivity contribution in [1.29, 1.82) is 0 Å². The van der Waals surface area contributed by atoms with E-state index in [2.05, 4.69) is 24.9 Å². The molecule has 0 saturated carbocycles. The van der Waals surface area contributed by atoms with Gasteiger partial charge in [0.25, 0.3) is 5.89 Å². The molecule has 1 spiro atoms. The van der Waals surface area contributed by atoms with Crippen LogP contribution in [0.2, 0.25) is 0 Å². The van der Waals surface area contributed by atoms with Gasteiger partial charge in [-0.2, -0.15) is 4.98 Å². The van der Waals surface area contributed by atoms with Crippen molar-refractivity contribution in [2.45, 2.75) is 51.2 Å². The third-order valence-corrected chi connectivity index (χ3v) is 7.03. The van der Waals surface area contributed by atoms with Gasteiger partial charge in [-0.25, -0.2) is 4.98 Å². The van der Waals surface area contributed by atoms with Crippen LogP contribution in [0.25, 0.3) is 11.5 Å². The van der Waals surface area contributed by atoms with Gasteiger partial charge in [0, 0.05) is 51.6 Å². The molecule has 0 aliphatic carbocycles. The van der Waals surface area contributed by atoms with E-state index in [0.717, 1.165) is 82.9 Å². The minimum Gasteiger partial charge on any atom is -0.392 e. The topological polar surface area (TPSA) is 87.8 Å². The number of aliphatic hydroxyl groups is 1. The second-order valence-corrected chi connectivity index (χ2v) is 9.17. The molecule has 5 heterocycles. The third kappa shape index (κ3) is 4.08. The molecule has 1 N–H and O–H groups in total. The lowest BCUT2D eigenvalue weighted by Gasteiger charge is -2.51. The Morgan fingerprint density at radius 2 is 1.97 bits per heavy atom. The van der Waals surface area contributed by atoms with E-state index >= 15 is 0 Å². The summed E-state index contributed by atoms with van der Waals surface area (Å²) in [5.41, 5.74) is 1.06. The van der Waals surface area contributed by atoms with E-state index in [-0.39, 0.29) is 11.5 Å². The van der Waals surface area contributed by atoms with Gasteiger partial charge >= 0.3 is 0 Å². The second kappa shape index (κ2) is 8.24. The van der Waals surface area contributed by atoms with E-state index < -0.39 is 0 Å². The highest BCUT2D eigenvalue weighted by molar-refractivity contribution is 5.54. The first kappa shape index (κ1) is 19.9. The van der Waals surface area contributed by atoms with Crippen LogP contribution in [-0.4, -0.2) is 76.7 Å². The van der Waals surface area contributed by atoms with E-state index in [4.69, 9.17) is 9.26 Å². The molecule has 1 unspecified atom stereocenters. The molecular formula is C22H31N5O3. The van der Waals surface area contributed by atoms with Crippen LogP contribution in [0.4, 0.5) is 5.82 Å². The lowest BCUT2D eigenvalue weighted by atomic mass is 9.71. The Morgan fingerprint density at radius 3 is 2.63 bits per heavy atom. The summed E-state index contributed by atoms with van der Waals surface area (Å²) in [6, 6.07) is 4.60. The number of ether oxygens (including phenoxy) is 1. The van der Waals surface area contributed by atoms with Gasteiger partial charge in [0.2, 0.25) is 0 Å². The van der Waals surface area contributed by atoms with Gasteiger partial charge in [-0.3, -0.25) is 4.90 Å². The summed E-state index contributed by atoms with van der Waals surface area (Å²) in [5, 5.41) is 14.5. The fourth-order valence-corrected chi connectivity index (χ4v) is 5.41. The standard InChI is InChI=1S/C22H31N5O3/c1-16-24-21(30-25-16)17-2-3-20(23-13-17)26-8-6-22(7-9-26)12-19(28)14-27(15-22)18-4-10-29-11-5-18/h2-3,13,18-19,28H,4-12,14-15H2,1H3. The lowest BCUT2D eigenvalue weighted by Crippen LogP contribution is -2.57. The van der Waals surface area contributed by atoms with E-state index in [1.54, 1.807) is 0 Å². The number of anilines is 1. The number of aromatic nitrogens is 3. The Bertz CT molecular complexity index is 841. The molecular weight excluding hydrogens is 382 g/mol. The van der Waals surface area contributed by atoms with Crippen LogP contribution >= 0.6 is 0 Å². The summed E-state index contributed by atoms with van der Waals surface area (Å²) in [4.78, 5) is 13.8. The van der Waals surface area contributed by atoms with Gasteiger partial charge in [0.15, 0.2) is 5.82 Å². The Morgan fingerprint density at radius 1 is 1.17 bits per heavy atom. The van der Waals surface area contributed by atoms with Crippen molar-refractivity contribution in [3.63, 3.8) is 0 Å². The number of nitrogens with zero attached hydrogens (tertiary/aromatic N) is 5. The van der Waals surface area contributed by atoms with E-state index in [1.165, 1.54) is 0 Å². The van der Waals surface area contributed by atoms with Gasteiger partial charge in [-0.1, -0.05) is 5.16 Å². The third-order valence-electron chi connectivity index (χ3n) is 7.03. The maximum absolute atomic E-state index is 10.6. The first-order chi connectivity index (χ1) is 14.6. The van der Waals surface area contributed by atoms with Crippen LogP contribution in [-0.2, 0) is 4.74 Å². The fourth-order valence-electron chi connectivity index (χ4n) is 5.41. The number of hydrogen-bond donors (Lipinski definition) is 1. The second-order valence-electron chi connectivity index (χ2n) is 9.17. The molecule has 2 aromatic heterocycles. The van der Waals surface area contributed by atoms with Crippen LogP contribution in [0.5, 0.6) is 0 Å². The minimum atomic E-state index is -0.219. The molecule has 1 atom stereocenters. The molecule has 3 saturated heterocycles. The van der Waals surface area contributed by atoms with Crippen LogP contribution < -0.4 is 4.90 Å². The Labute approximate surface area is 177 Å². The van der Waals surface area contributed by atoms with Gasteiger partial charge in [-0.05, 0) is 56.6 Å². The fraction of sp³-hybridized carbons (Fsp3) is 0.682. The van der Waals surface area contributed by atoms with Crippen molar-refractivity contribution in [2.75, 3.05) is 44.3 Å². The number of hydrogen-bond acceptors (Lipinski definition) is 8. The highest BCUT2D eigenvalue weighted by atomic mass is 16.5. The van der Waals surface area contributed by atoms with Gasteiger partial charge in [0.05, 0.1) is 11.7 Å². The molecule has 2 aromatic rings. The average Bonchev–Trinajstić information content (AvgIpc) is 3.21. The Kier molecular flexibility index (Phi) is 5.47. The average molecular weight is 414 g/mol. The largest absolute Gasteiger partial charge is 0.392 e. The number of likely N-dealkylation sites (tertiary alicyclic amines) is 1. The van der Waals surface area contributed by atoms with Crippen molar-refractivity contribution < 1.29 is 14.4 Å². The summed E-state index contributed by atoms with van der Waals surface area (Å²) in [5.74, 6) is 2.12. The first-order valence-electron chi connectivity index (χ1n) is 11.1. The summed E-state index contributed by atoms with van der Waals surface area (Å²) in [7, 11) is 0. The number of β-amino-alcohol motifs (C(OH)–C–C–N with tert-alkyl or cyclic N) is 1. The molecule has 3 aliphatic rings. The number of aliphatic hydroxyl groups excluding tert-OH is 1. The molecule has 0 bridgehead atoms. The van der Waals surface area contributed by atoms with E-state index in [1.807, 2.05) is 25.3 Å². The van der Waals surface area contributed by atoms with Crippen molar-refractivity contribution in [1.82, 2.24) is 20.0 Å². The molecule has 8 heteroatoms. The number of piperidine rings is 2. The van der Waals surface area contributed by atoms with Gasteiger partial charge in [-0.15, -0.1) is 0 Å². The zero-order chi connectivity index (χ0) is 20.6. The molecule has 3 aliphatic heterocycles. The predicted molar refractivity (Wildman–Crippen MR) is 112 cm³/mol. The van der Waals surface area contributed by atoms with Crippen molar-refractivity contribution >= 4 is 5.82 Å². The number of rotatable bonds is 3. The minimum absolute atomic E-state index is 0.216. The van der Waals surface area contributed by atoms with Crippen molar-refractivity contribution in [3.05, 3.63) is 24.2 Å². The van der Waals surface area contributed by atoms with Crippen LogP contribution in [0, 0.1) is 12.3 Å². The zero-order valence-corrected chi connectivity index (χ0v) is 17.7. The zero-order valence-electron chi connectivity index (χ0n) is 17.7. The van der Waals surface area contributed by atoms with E-state index in [9.17, 15) is 5.11 Å². The summed E-state index contributed by atoms with van der Waals surface area (Å²) in [6.07, 6.45) is 6.87. The van der Waals surface area contributed by atoms with Gasteiger partial charge < -0.3 is 19.3 Å². The normalized spacial score (nSPS) is 25.7. The molecule has 30 heavy (non-hydrogen) atoms. The van der Waals surface area contributed by atoms with Crippen LogP contribution in [0.3, 0.4) is 0 Å². The maximum Gasteiger partial charge on any atom is 0.259 e. The van der Waals surface area contributed by atoms with Crippen molar-refractivity contribution in [2.24, 2.45) is 5.41 Å². The molecule has 0 radical (unpaired) electrons. The monoisotopic (exact) mass is 413 g/mol. The van der Waals surface area contributed by atoms with Crippen molar-refractivity contribution in [3.8, 4) is 11.5 Å². The summed E-state index contributed by atoms with van der Waals surface area (Å²) >= 11 is 0. The summed E-state index contributed by atoms with van der Waals surface area (Å²) < 4.78 is 10.8. The Hall–Kier alpha value is -2.03. The molecule has 0 amide bonds.